The SMILES string of the molecule is COc1ccc2cc1OCC(=O)NCc1cc(F)cc(c1)O[C@@H]1CCN(C(=O)C3CCOCC3)C[C@@H]1NC2=O. The summed E-state index contributed by atoms with van der Waals surface area (Å²) in [6.45, 7) is 1.57. The van der Waals surface area contributed by atoms with Crippen molar-refractivity contribution >= 4 is 17.7 Å². The Labute approximate surface area is 225 Å². The fraction of sp³-hybridized carbons (Fsp3) is 0.464. The first-order chi connectivity index (χ1) is 18.9. The van der Waals surface area contributed by atoms with Gasteiger partial charge in [-0.25, -0.2) is 4.39 Å². The largest absolute Gasteiger partial charge is 0.493 e. The van der Waals surface area contributed by atoms with E-state index in [0.717, 1.165) is 0 Å². The third-order valence-electron chi connectivity index (χ3n) is 7.24. The van der Waals surface area contributed by atoms with Crippen molar-refractivity contribution in [2.75, 3.05) is 40.0 Å². The Hall–Kier alpha value is -3.86. The Morgan fingerprint density at radius 1 is 1.10 bits per heavy atom. The van der Waals surface area contributed by atoms with Crippen molar-refractivity contribution in [3.05, 3.63) is 53.3 Å². The molecule has 39 heavy (non-hydrogen) atoms. The second-order valence-electron chi connectivity index (χ2n) is 9.92. The quantitative estimate of drug-likeness (QED) is 0.598. The highest BCUT2D eigenvalue weighted by Crippen LogP contribution is 2.29. The normalized spacial score (nSPS) is 22.5. The minimum absolute atomic E-state index is 0.0436. The molecule has 2 fully saturated rings. The molecule has 2 atom stereocenters. The zero-order chi connectivity index (χ0) is 27.4. The van der Waals surface area contributed by atoms with Crippen LogP contribution >= 0.6 is 0 Å². The molecule has 3 aliphatic rings. The Morgan fingerprint density at radius 3 is 2.72 bits per heavy atom. The van der Waals surface area contributed by atoms with Gasteiger partial charge in [0.2, 0.25) is 5.91 Å². The number of nitrogens with one attached hydrogen (secondary N) is 2. The lowest BCUT2D eigenvalue weighted by Gasteiger charge is -2.40. The Bertz CT molecular complexity index is 1230. The van der Waals surface area contributed by atoms with E-state index in [4.69, 9.17) is 18.9 Å². The number of halogens is 1. The first-order valence-electron chi connectivity index (χ1n) is 13.1. The van der Waals surface area contributed by atoms with Crippen molar-refractivity contribution in [2.45, 2.75) is 38.0 Å². The van der Waals surface area contributed by atoms with Crippen LogP contribution in [0.4, 0.5) is 4.39 Å². The number of ether oxygens (including phenoxy) is 4. The topological polar surface area (TPSA) is 115 Å². The lowest BCUT2D eigenvalue weighted by Crippen LogP contribution is -2.59. The molecule has 2 saturated heterocycles. The molecule has 4 bridgehead atoms. The Balaban J connectivity index is 1.44. The van der Waals surface area contributed by atoms with Gasteiger partial charge in [0.1, 0.15) is 17.7 Å². The Kier molecular flexibility index (Phi) is 8.16. The van der Waals surface area contributed by atoms with E-state index in [9.17, 15) is 18.8 Å². The lowest BCUT2D eigenvalue weighted by molar-refractivity contribution is -0.141. The molecule has 5 rings (SSSR count). The minimum atomic E-state index is -0.555. The molecule has 0 aliphatic carbocycles. The first kappa shape index (κ1) is 26.7. The molecule has 0 saturated carbocycles. The van der Waals surface area contributed by atoms with E-state index in [2.05, 4.69) is 10.6 Å². The van der Waals surface area contributed by atoms with Gasteiger partial charge in [0.15, 0.2) is 18.1 Å². The van der Waals surface area contributed by atoms with E-state index in [1.54, 1.807) is 23.1 Å². The van der Waals surface area contributed by atoms with Crippen LogP contribution in [0.25, 0.3) is 0 Å². The second kappa shape index (κ2) is 11.9. The predicted molar refractivity (Wildman–Crippen MR) is 137 cm³/mol. The number of carbonyl (C=O) groups is 3. The monoisotopic (exact) mass is 541 g/mol. The summed E-state index contributed by atoms with van der Waals surface area (Å²) in [7, 11) is 1.46. The van der Waals surface area contributed by atoms with Crippen LogP contribution in [0, 0.1) is 11.7 Å². The van der Waals surface area contributed by atoms with Gasteiger partial charge in [-0.15, -0.1) is 0 Å². The van der Waals surface area contributed by atoms with Crippen LogP contribution < -0.4 is 24.8 Å². The number of fused-ring (bicyclic) bond motifs is 5. The maximum Gasteiger partial charge on any atom is 0.258 e. The van der Waals surface area contributed by atoms with E-state index in [0.29, 0.717) is 50.3 Å². The third-order valence-corrected chi connectivity index (χ3v) is 7.24. The third kappa shape index (κ3) is 6.42. The van der Waals surface area contributed by atoms with Gasteiger partial charge >= 0.3 is 0 Å². The van der Waals surface area contributed by atoms with Gasteiger partial charge in [-0.2, -0.15) is 0 Å². The van der Waals surface area contributed by atoms with E-state index in [1.807, 2.05) is 0 Å². The summed E-state index contributed by atoms with van der Waals surface area (Å²) < 4.78 is 37.0. The van der Waals surface area contributed by atoms with Gasteiger partial charge in [-0.3, -0.25) is 14.4 Å². The highest BCUT2D eigenvalue weighted by molar-refractivity contribution is 5.95. The summed E-state index contributed by atoms with van der Waals surface area (Å²) in [4.78, 5) is 40.8. The summed E-state index contributed by atoms with van der Waals surface area (Å²) >= 11 is 0. The highest BCUT2D eigenvalue weighted by Gasteiger charge is 2.37. The van der Waals surface area contributed by atoms with Crippen LogP contribution in [0.3, 0.4) is 0 Å². The molecule has 2 aromatic carbocycles. The smallest absolute Gasteiger partial charge is 0.258 e. The fourth-order valence-corrected chi connectivity index (χ4v) is 5.16. The van der Waals surface area contributed by atoms with Crippen molar-refractivity contribution in [3.8, 4) is 17.2 Å². The number of rotatable bonds is 2. The molecule has 11 heteroatoms. The average molecular weight is 542 g/mol. The highest BCUT2D eigenvalue weighted by atomic mass is 19.1. The van der Waals surface area contributed by atoms with Crippen molar-refractivity contribution in [2.24, 2.45) is 5.92 Å². The molecule has 208 valence electrons. The van der Waals surface area contributed by atoms with Crippen LogP contribution in [0.15, 0.2) is 36.4 Å². The van der Waals surface area contributed by atoms with E-state index < -0.39 is 29.8 Å². The van der Waals surface area contributed by atoms with Crippen molar-refractivity contribution in [1.29, 1.82) is 0 Å². The fourth-order valence-electron chi connectivity index (χ4n) is 5.16. The van der Waals surface area contributed by atoms with Crippen molar-refractivity contribution in [1.82, 2.24) is 15.5 Å². The maximum atomic E-state index is 14.5. The number of methoxy groups -OCH3 is 1. The molecular weight excluding hydrogens is 509 g/mol. The molecule has 3 aliphatic heterocycles. The molecule has 2 aromatic rings. The zero-order valence-corrected chi connectivity index (χ0v) is 21.7. The molecule has 3 amide bonds. The second-order valence-corrected chi connectivity index (χ2v) is 9.92. The molecule has 0 radical (unpaired) electrons. The summed E-state index contributed by atoms with van der Waals surface area (Å²) in [6, 6.07) is 8.38. The molecule has 0 aromatic heterocycles. The molecular formula is C28H32FN3O7. The number of hydrogen-bond acceptors (Lipinski definition) is 7. The summed E-state index contributed by atoms with van der Waals surface area (Å²) in [5, 5.41) is 5.72. The number of amides is 3. The molecule has 0 unspecified atom stereocenters. The van der Waals surface area contributed by atoms with Gasteiger partial charge in [0.25, 0.3) is 11.8 Å². The first-order valence-corrected chi connectivity index (χ1v) is 13.1. The lowest BCUT2D eigenvalue weighted by atomic mass is 9.95. The number of carbonyl (C=O) groups excluding carboxylic acids is 3. The average Bonchev–Trinajstić information content (AvgIpc) is 2.95. The summed E-state index contributed by atoms with van der Waals surface area (Å²) in [5.74, 6) is -0.535. The van der Waals surface area contributed by atoms with E-state index in [1.165, 1.54) is 25.3 Å². The van der Waals surface area contributed by atoms with E-state index in [-0.39, 0.29) is 48.6 Å². The predicted octanol–water partition coefficient (Wildman–Crippen LogP) is 2.05. The van der Waals surface area contributed by atoms with Crippen LogP contribution in [0.5, 0.6) is 17.2 Å². The number of likely N-dealkylation sites (tertiary alicyclic amines) is 1. The number of piperidine rings is 1. The van der Waals surface area contributed by atoms with E-state index >= 15 is 0 Å². The Morgan fingerprint density at radius 2 is 1.92 bits per heavy atom. The van der Waals surface area contributed by atoms with Gasteiger partial charge in [0.05, 0.1) is 13.2 Å². The van der Waals surface area contributed by atoms with Crippen molar-refractivity contribution in [3.63, 3.8) is 0 Å². The zero-order valence-electron chi connectivity index (χ0n) is 21.7. The minimum Gasteiger partial charge on any atom is -0.493 e. The van der Waals surface area contributed by atoms with Crippen molar-refractivity contribution < 1.29 is 37.7 Å². The van der Waals surface area contributed by atoms with Crippen LogP contribution in [0.2, 0.25) is 0 Å². The van der Waals surface area contributed by atoms with Gasteiger partial charge in [-0.05, 0) is 48.7 Å². The standard InChI is InChI=1S/C28H32FN3O7/c1-36-24-3-2-19-12-25(24)38-16-26(33)30-14-17-10-20(29)13-21(11-17)39-23-4-7-32(15-22(23)31-27(19)34)28(35)18-5-8-37-9-6-18/h2-3,10-13,18,22-23H,4-9,14-16H2,1H3,(H,30,33)(H,31,34)/t22-,23+/m0/s1. The molecule has 2 N–H and O–H groups in total. The summed E-state index contributed by atoms with van der Waals surface area (Å²) in [5.41, 5.74) is 0.802. The van der Waals surface area contributed by atoms with Crippen LogP contribution in [-0.4, -0.2) is 74.8 Å². The van der Waals surface area contributed by atoms with Gasteiger partial charge in [-0.1, -0.05) is 0 Å². The number of benzene rings is 2. The molecule has 10 nitrogen and oxygen atoms in total. The molecule has 0 spiro atoms. The van der Waals surface area contributed by atoms with Crippen LogP contribution in [0.1, 0.15) is 35.2 Å². The molecule has 3 heterocycles. The van der Waals surface area contributed by atoms with Gasteiger partial charge < -0.3 is 34.5 Å². The number of hydrogen-bond donors (Lipinski definition) is 2. The van der Waals surface area contributed by atoms with Gasteiger partial charge in [0, 0.05) is 56.8 Å². The summed E-state index contributed by atoms with van der Waals surface area (Å²) in [6.07, 6.45) is 1.27. The maximum absolute atomic E-state index is 14.5. The van der Waals surface area contributed by atoms with Crippen LogP contribution in [-0.2, 0) is 20.9 Å². The number of nitrogens with zero attached hydrogens (tertiary/aromatic N) is 1.